The lowest BCUT2D eigenvalue weighted by Gasteiger charge is -2.23. The van der Waals surface area contributed by atoms with E-state index >= 15 is 0 Å². The predicted molar refractivity (Wildman–Crippen MR) is 80.3 cm³/mol. The first kappa shape index (κ1) is 15.5. The minimum Gasteiger partial charge on any atom is -0.472 e. The number of hydrogen-bond donors (Lipinski definition) is 0. The normalized spacial score (nSPS) is 28.5. The fourth-order valence-corrected chi connectivity index (χ4v) is 3.22. The van der Waals surface area contributed by atoms with E-state index in [4.69, 9.17) is 13.9 Å². The molecule has 0 aromatic carbocycles. The van der Waals surface area contributed by atoms with Gasteiger partial charge in [0.25, 0.3) is 0 Å². The Morgan fingerprint density at radius 2 is 2.41 bits per heavy atom. The quantitative estimate of drug-likeness (QED) is 0.816. The molecule has 1 amide bonds. The summed E-state index contributed by atoms with van der Waals surface area (Å²) in [6.45, 7) is 3.55. The van der Waals surface area contributed by atoms with Gasteiger partial charge in [0.15, 0.2) is 0 Å². The Balaban J connectivity index is 1.47. The molecule has 0 unspecified atom stereocenters. The minimum atomic E-state index is -0.102. The number of hydrogen-bond acceptors (Lipinski definition) is 5. The first-order valence-electron chi connectivity index (χ1n) is 7.75. The summed E-state index contributed by atoms with van der Waals surface area (Å²) in [5, 5.41) is 0. The number of ether oxygens (including phenoxy) is 2. The molecule has 2 aliphatic heterocycles. The molecular weight excluding hydrogens is 284 g/mol. The van der Waals surface area contributed by atoms with Crippen molar-refractivity contribution in [3.05, 3.63) is 24.2 Å². The highest BCUT2D eigenvalue weighted by atomic mass is 16.6. The van der Waals surface area contributed by atoms with Gasteiger partial charge >= 0.3 is 0 Å². The van der Waals surface area contributed by atoms with E-state index in [9.17, 15) is 4.79 Å². The van der Waals surface area contributed by atoms with Gasteiger partial charge in [0, 0.05) is 45.7 Å². The van der Waals surface area contributed by atoms with E-state index in [1.54, 1.807) is 31.5 Å². The Labute approximate surface area is 131 Å². The van der Waals surface area contributed by atoms with Crippen molar-refractivity contribution in [3.63, 3.8) is 0 Å². The van der Waals surface area contributed by atoms with Gasteiger partial charge in [0.2, 0.25) is 5.91 Å². The van der Waals surface area contributed by atoms with Crippen molar-refractivity contribution >= 4 is 5.91 Å². The van der Waals surface area contributed by atoms with Crippen LogP contribution in [0.2, 0.25) is 0 Å². The molecule has 122 valence electrons. The third kappa shape index (κ3) is 3.51. The molecule has 0 N–H and O–H groups in total. The van der Waals surface area contributed by atoms with Gasteiger partial charge in [0.1, 0.15) is 6.61 Å². The molecule has 1 aromatic heterocycles. The van der Waals surface area contributed by atoms with Gasteiger partial charge in [-0.1, -0.05) is 0 Å². The number of likely N-dealkylation sites (N-methyl/N-ethyl adjacent to an activating group) is 1. The zero-order valence-corrected chi connectivity index (χ0v) is 13.3. The fraction of sp³-hybridized carbons (Fsp3) is 0.688. The van der Waals surface area contributed by atoms with E-state index in [2.05, 4.69) is 4.90 Å². The molecule has 0 bridgehead atoms. The average Bonchev–Trinajstić information content (AvgIpc) is 3.20. The lowest BCUT2D eigenvalue weighted by molar-refractivity contribution is -0.135. The zero-order chi connectivity index (χ0) is 15.6. The summed E-state index contributed by atoms with van der Waals surface area (Å²) in [5.41, 5.74) is 1.09. The smallest absolute Gasteiger partial charge is 0.248 e. The molecule has 1 aromatic rings. The van der Waals surface area contributed by atoms with Crippen LogP contribution in [-0.4, -0.2) is 67.8 Å². The van der Waals surface area contributed by atoms with Gasteiger partial charge in [-0.2, -0.15) is 0 Å². The Hall–Kier alpha value is -1.37. The molecule has 22 heavy (non-hydrogen) atoms. The van der Waals surface area contributed by atoms with Gasteiger partial charge in [-0.25, -0.2) is 0 Å². The van der Waals surface area contributed by atoms with Crippen LogP contribution in [0.5, 0.6) is 0 Å². The maximum absolute atomic E-state index is 11.6. The molecule has 3 heterocycles. The van der Waals surface area contributed by atoms with Gasteiger partial charge in [-0.15, -0.1) is 0 Å². The van der Waals surface area contributed by atoms with Crippen molar-refractivity contribution in [1.82, 2.24) is 9.80 Å². The van der Waals surface area contributed by atoms with Crippen molar-refractivity contribution in [1.29, 1.82) is 0 Å². The van der Waals surface area contributed by atoms with Crippen molar-refractivity contribution < 1.29 is 18.7 Å². The first-order valence-corrected chi connectivity index (χ1v) is 7.75. The first-order chi connectivity index (χ1) is 10.6. The van der Waals surface area contributed by atoms with E-state index in [1.165, 1.54) is 5.56 Å². The fourth-order valence-electron chi connectivity index (χ4n) is 3.22. The highest BCUT2D eigenvalue weighted by Gasteiger charge is 2.45. The van der Waals surface area contributed by atoms with Crippen LogP contribution >= 0.6 is 0 Å². The van der Waals surface area contributed by atoms with Crippen LogP contribution in [0.3, 0.4) is 0 Å². The highest BCUT2D eigenvalue weighted by Crippen LogP contribution is 2.36. The molecule has 2 aliphatic rings. The number of amides is 1. The molecule has 1 spiro atoms. The Morgan fingerprint density at radius 1 is 1.55 bits per heavy atom. The topological polar surface area (TPSA) is 55.2 Å². The van der Waals surface area contributed by atoms with Gasteiger partial charge in [0.05, 0.1) is 30.8 Å². The van der Waals surface area contributed by atoms with Crippen LogP contribution in [0.15, 0.2) is 23.0 Å². The van der Waals surface area contributed by atoms with Crippen molar-refractivity contribution in [3.8, 4) is 0 Å². The van der Waals surface area contributed by atoms with Crippen molar-refractivity contribution in [2.24, 2.45) is 0 Å². The van der Waals surface area contributed by atoms with Crippen molar-refractivity contribution in [2.75, 3.05) is 40.4 Å². The monoisotopic (exact) mass is 308 g/mol. The van der Waals surface area contributed by atoms with Crippen molar-refractivity contribution in [2.45, 2.75) is 31.1 Å². The lowest BCUT2D eigenvalue weighted by Crippen LogP contribution is -2.33. The van der Waals surface area contributed by atoms with Crippen LogP contribution in [0, 0.1) is 0 Å². The van der Waals surface area contributed by atoms with E-state index in [-0.39, 0.29) is 24.2 Å². The maximum atomic E-state index is 11.6. The third-order valence-corrected chi connectivity index (χ3v) is 4.50. The van der Waals surface area contributed by atoms with Crippen LogP contribution in [0.25, 0.3) is 0 Å². The third-order valence-electron chi connectivity index (χ3n) is 4.50. The molecule has 2 atom stereocenters. The summed E-state index contributed by atoms with van der Waals surface area (Å²) in [6, 6.07) is 2.00. The minimum absolute atomic E-state index is 0.00560. The van der Waals surface area contributed by atoms with E-state index in [0.717, 1.165) is 32.5 Å². The Bertz CT molecular complexity index is 502. The molecule has 3 rings (SSSR count). The molecular formula is C16H24N2O4. The molecule has 6 heteroatoms. The summed E-state index contributed by atoms with van der Waals surface area (Å²) in [4.78, 5) is 15.5. The van der Waals surface area contributed by atoms with Gasteiger partial charge in [-0.3, -0.25) is 9.69 Å². The van der Waals surface area contributed by atoms with E-state index in [1.807, 2.05) is 6.07 Å². The molecule has 2 saturated heterocycles. The number of carbonyl (C=O) groups excluding carboxylic acids is 1. The Kier molecular flexibility index (Phi) is 4.52. The summed E-state index contributed by atoms with van der Waals surface area (Å²) in [7, 11) is 3.48. The molecule has 0 aliphatic carbocycles. The molecule has 2 fully saturated rings. The second kappa shape index (κ2) is 6.40. The van der Waals surface area contributed by atoms with E-state index < -0.39 is 0 Å². The second-order valence-corrected chi connectivity index (χ2v) is 6.51. The number of carbonyl (C=O) groups is 1. The lowest BCUT2D eigenvalue weighted by atomic mass is 9.98. The van der Waals surface area contributed by atoms with Gasteiger partial charge in [-0.05, 0) is 12.5 Å². The van der Waals surface area contributed by atoms with Crippen LogP contribution in [-0.2, 0) is 20.8 Å². The number of nitrogens with zero attached hydrogens (tertiary/aromatic N) is 2. The summed E-state index contributed by atoms with van der Waals surface area (Å²) >= 11 is 0. The van der Waals surface area contributed by atoms with Crippen LogP contribution < -0.4 is 0 Å². The Morgan fingerprint density at radius 3 is 3.14 bits per heavy atom. The maximum Gasteiger partial charge on any atom is 0.248 e. The molecule has 6 nitrogen and oxygen atoms in total. The van der Waals surface area contributed by atoms with Gasteiger partial charge < -0.3 is 18.8 Å². The molecule has 0 radical (unpaired) electrons. The highest BCUT2D eigenvalue weighted by molar-refractivity contribution is 5.76. The average molecular weight is 308 g/mol. The predicted octanol–water partition coefficient (Wildman–Crippen LogP) is 1.12. The van der Waals surface area contributed by atoms with Crippen LogP contribution in [0.1, 0.15) is 18.4 Å². The molecule has 0 saturated carbocycles. The van der Waals surface area contributed by atoms with E-state index in [0.29, 0.717) is 6.61 Å². The summed E-state index contributed by atoms with van der Waals surface area (Å²) < 4.78 is 16.9. The summed E-state index contributed by atoms with van der Waals surface area (Å²) in [5.74, 6) is -0.00560. The zero-order valence-electron chi connectivity index (χ0n) is 13.3. The number of rotatable bonds is 5. The summed E-state index contributed by atoms with van der Waals surface area (Å²) in [6.07, 6.45) is 5.41. The number of likely N-dealkylation sites (tertiary alicyclic amines) is 1. The van der Waals surface area contributed by atoms with Crippen LogP contribution in [0.4, 0.5) is 0 Å². The SMILES string of the molecule is CN(C)C(=O)CO[C@H]1CO[C@@]2(CCN(Cc3ccoc3)C2)C1. The largest absolute Gasteiger partial charge is 0.472 e. The standard InChI is InChI=1S/C16H24N2O4/c1-17(2)15(19)11-21-14-7-16(22-10-14)4-5-18(12-16)8-13-3-6-20-9-13/h3,6,9,14H,4-5,7-8,10-12H2,1-2H3/t14-,16+/m1/s1. The number of furan rings is 1. The second-order valence-electron chi connectivity index (χ2n) is 6.51.